The molecule has 0 unspecified atom stereocenters. The van der Waals surface area contributed by atoms with Crippen LogP contribution in [0.25, 0.3) is 0 Å². The average Bonchev–Trinajstić information content (AvgIpc) is 2.89. The Hall–Kier alpha value is -1.57. The van der Waals surface area contributed by atoms with Crippen molar-refractivity contribution in [3.05, 3.63) is 48.0 Å². The molecular weight excluding hydrogens is 200 g/mol. The van der Waals surface area contributed by atoms with Gasteiger partial charge in [0, 0.05) is 5.92 Å². The normalized spacial score (nSPS) is 35.5. The highest BCUT2D eigenvalue weighted by molar-refractivity contribution is 5.73. The maximum absolute atomic E-state index is 11.3. The Morgan fingerprint density at radius 3 is 2.50 bits per heavy atom. The van der Waals surface area contributed by atoms with Crippen molar-refractivity contribution in [2.45, 2.75) is 12.3 Å². The van der Waals surface area contributed by atoms with Gasteiger partial charge in [0.05, 0.1) is 5.92 Å². The molecule has 1 N–H and O–H groups in total. The summed E-state index contributed by atoms with van der Waals surface area (Å²) in [4.78, 5) is 11.3. The molecule has 1 fully saturated rings. The van der Waals surface area contributed by atoms with E-state index in [0.29, 0.717) is 5.92 Å². The summed E-state index contributed by atoms with van der Waals surface area (Å²) in [6.45, 7) is 0. The highest BCUT2D eigenvalue weighted by Gasteiger charge is 2.48. The lowest BCUT2D eigenvalue weighted by atomic mass is 9.78. The first-order chi connectivity index (χ1) is 7.77. The number of carboxylic acid groups (broad SMARTS) is 1. The highest BCUT2D eigenvalue weighted by atomic mass is 16.4. The van der Waals surface area contributed by atoms with Crippen molar-refractivity contribution < 1.29 is 9.90 Å². The molecule has 82 valence electrons. The number of benzene rings is 1. The molecule has 0 heterocycles. The Bertz CT molecular complexity index is 435. The number of allylic oxidation sites excluding steroid dienone is 2. The van der Waals surface area contributed by atoms with Crippen LogP contribution in [0.5, 0.6) is 0 Å². The van der Waals surface area contributed by atoms with Gasteiger partial charge in [-0.2, -0.15) is 0 Å². The maximum atomic E-state index is 11.3. The van der Waals surface area contributed by atoms with Crippen LogP contribution >= 0.6 is 0 Å². The molecule has 4 atom stereocenters. The van der Waals surface area contributed by atoms with E-state index in [1.165, 1.54) is 5.56 Å². The Balaban J connectivity index is 2.00. The van der Waals surface area contributed by atoms with Gasteiger partial charge in [-0.25, -0.2) is 0 Å². The van der Waals surface area contributed by atoms with Gasteiger partial charge < -0.3 is 5.11 Å². The zero-order valence-electron chi connectivity index (χ0n) is 8.91. The fourth-order valence-electron chi connectivity index (χ4n) is 3.29. The lowest BCUT2D eigenvalue weighted by Crippen LogP contribution is -2.25. The van der Waals surface area contributed by atoms with Crippen LogP contribution < -0.4 is 0 Å². The number of carboxylic acids is 1. The molecule has 2 heteroatoms. The van der Waals surface area contributed by atoms with Crippen LogP contribution in [0, 0.1) is 17.8 Å². The van der Waals surface area contributed by atoms with Gasteiger partial charge in [0.15, 0.2) is 0 Å². The lowest BCUT2D eigenvalue weighted by Gasteiger charge is -2.25. The number of rotatable bonds is 2. The molecule has 0 aliphatic heterocycles. The van der Waals surface area contributed by atoms with E-state index in [9.17, 15) is 9.90 Å². The Labute approximate surface area is 94.6 Å². The largest absolute Gasteiger partial charge is 0.481 e. The Kier molecular flexibility index (Phi) is 2.10. The van der Waals surface area contributed by atoms with Crippen molar-refractivity contribution in [3.8, 4) is 0 Å². The standard InChI is InChI=1S/C14H14O2/c15-14(16)13-11-7-6-10(8-11)12(13)9-4-2-1-3-5-9/h1-7,10-13H,8H2,(H,15,16)/t10-,11+,12+,13-/m1/s1. The predicted molar refractivity (Wildman–Crippen MR) is 61.0 cm³/mol. The van der Waals surface area contributed by atoms with Crippen molar-refractivity contribution in [2.24, 2.45) is 17.8 Å². The third-order valence-electron chi connectivity index (χ3n) is 3.93. The lowest BCUT2D eigenvalue weighted by molar-refractivity contribution is -0.143. The van der Waals surface area contributed by atoms with E-state index in [4.69, 9.17) is 0 Å². The summed E-state index contributed by atoms with van der Waals surface area (Å²) in [7, 11) is 0. The fourth-order valence-corrected chi connectivity index (χ4v) is 3.29. The van der Waals surface area contributed by atoms with Gasteiger partial charge in [-0.05, 0) is 23.8 Å². The quantitative estimate of drug-likeness (QED) is 0.768. The third kappa shape index (κ3) is 1.29. The molecule has 0 amide bonds. The van der Waals surface area contributed by atoms with Crippen molar-refractivity contribution in [3.63, 3.8) is 0 Å². The third-order valence-corrected chi connectivity index (χ3v) is 3.93. The molecule has 0 aromatic heterocycles. The molecule has 0 radical (unpaired) electrons. The molecule has 16 heavy (non-hydrogen) atoms. The van der Waals surface area contributed by atoms with Gasteiger partial charge in [-0.15, -0.1) is 0 Å². The monoisotopic (exact) mass is 214 g/mol. The second-order valence-corrected chi connectivity index (χ2v) is 4.75. The first kappa shape index (κ1) is 9.64. The van der Waals surface area contributed by atoms with Gasteiger partial charge in [-0.1, -0.05) is 42.5 Å². The molecule has 2 bridgehead atoms. The summed E-state index contributed by atoms with van der Waals surface area (Å²) < 4.78 is 0. The zero-order valence-corrected chi connectivity index (χ0v) is 8.91. The van der Waals surface area contributed by atoms with Crippen LogP contribution in [0.15, 0.2) is 42.5 Å². The van der Waals surface area contributed by atoms with Crippen LogP contribution in [0.3, 0.4) is 0 Å². The van der Waals surface area contributed by atoms with Gasteiger partial charge in [0.25, 0.3) is 0 Å². The molecule has 0 saturated heterocycles. The van der Waals surface area contributed by atoms with Gasteiger partial charge in [-0.3, -0.25) is 4.79 Å². The summed E-state index contributed by atoms with van der Waals surface area (Å²) in [5.41, 5.74) is 1.17. The smallest absolute Gasteiger partial charge is 0.307 e. The molecule has 0 spiro atoms. The van der Waals surface area contributed by atoms with Crippen LogP contribution in [-0.4, -0.2) is 11.1 Å². The van der Waals surface area contributed by atoms with Crippen LogP contribution in [0.2, 0.25) is 0 Å². The van der Waals surface area contributed by atoms with Crippen molar-refractivity contribution in [2.75, 3.05) is 0 Å². The average molecular weight is 214 g/mol. The second kappa shape index (κ2) is 3.48. The highest BCUT2D eigenvalue weighted by Crippen LogP contribution is 2.52. The fraction of sp³-hybridized carbons (Fsp3) is 0.357. The molecule has 1 aromatic carbocycles. The van der Waals surface area contributed by atoms with Gasteiger partial charge in [0.1, 0.15) is 0 Å². The van der Waals surface area contributed by atoms with Gasteiger partial charge in [0.2, 0.25) is 0 Å². The second-order valence-electron chi connectivity index (χ2n) is 4.75. The van der Waals surface area contributed by atoms with E-state index in [0.717, 1.165) is 6.42 Å². The Morgan fingerprint density at radius 1 is 1.12 bits per heavy atom. The van der Waals surface area contributed by atoms with E-state index in [1.54, 1.807) is 0 Å². The number of hydrogen-bond acceptors (Lipinski definition) is 1. The first-order valence-corrected chi connectivity index (χ1v) is 5.73. The molecule has 2 aliphatic carbocycles. The van der Waals surface area contributed by atoms with Gasteiger partial charge >= 0.3 is 5.97 Å². The van der Waals surface area contributed by atoms with Crippen LogP contribution in [0.1, 0.15) is 17.9 Å². The SMILES string of the molecule is O=C(O)[C@H]1[C@@H](c2ccccc2)[C@@H]2C=C[C@H]1C2. The maximum Gasteiger partial charge on any atom is 0.307 e. The zero-order chi connectivity index (χ0) is 11.1. The number of hydrogen-bond donors (Lipinski definition) is 1. The molecule has 2 nitrogen and oxygen atoms in total. The molecule has 1 saturated carbocycles. The molecular formula is C14H14O2. The topological polar surface area (TPSA) is 37.3 Å². The summed E-state index contributed by atoms with van der Waals surface area (Å²) in [5.74, 6) is -0.0296. The Morgan fingerprint density at radius 2 is 1.81 bits per heavy atom. The summed E-state index contributed by atoms with van der Waals surface area (Å²) >= 11 is 0. The summed E-state index contributed by atoms with van der Waals surface area (Å²) in [6, 6.07) is 10.1. The van der Waals surface area contributed by atoms with E-state index in [2.05, 4.69) is 24.3 Å². The molecule has 3 rings (SSSR count). The predicted octanol–water partition coefficient (Wildman–Crippen LogP) is 2.68. The van der Waals surface area contributed by atoms with Crippen molar-refractivity contribution in [1.29, 1.82) is 0 Å². The minimum absolute atomic E-state index is 0.175. The van der Waals surface area contributed by atoms with E-state index < -0.39 is 5.97 Å². The van der Waals surface area contributed by atoms with E-state index in [-0.39, 0.29) is 17.8 Å². The van der Waals surface area contributed by atoms with E-state index >= 15 is 0 Å². The summed E-state index contributed by atoms with van der Waals surface area (Å²) in [6.07, 6.45) is 5.29. The minimum atomic E-state index is -0.647. The number of carbonyl (C=O) groups is 1. The van der Waals surface area contributed by atoms with Crippen LogP contribution in [-0.2, 0) is 4.79 Å². The summed E-state index contributed by atoms with van der Waals surface area (Å²) in [5, 5.41) is 9.33. The van der Waals surface area contributed by atoms with E-state index in [1.807, 2.05) is 18.2 Å². The van der Waals surface area contributed by atoms with Crippen molar-refractivity contribution in [1.82, 2.24) is 0 Å². The minimum Gasteiger partial charge on any atom is -0.481 e. The first-order valence-electron chi connectivity index (χ1n) is 5.73. The molecule has 1 aromatic rings. The van der Waals surface area contributed by atoms with Crippen LogP contribution in [0.4, 0.5) is 0 Å². The number of fused-ring (bicyclic) bond motifs is 2. The van der Waals surface area contributed by atoms with Crippen molar-refractivity contribution >= 4 is 5.97 Å². The molecule has 2 aliphatic rings. The number of aliphatic carboxylic acids is 1.